The van der Waals surface area contributed by atoms with Crippen molar-refractivity contribution in [3.8, 4) is 0 Å². The van der Waals surface area contributed by atoms with Gasteiger partial charge in [0.1, 0.15) is 0 Å². The normalized spacial score (nSPS) is 19.5. The molecule has 0 spiro atoms. The maximum atomic E-state index is 12.2. The third kappa shape index (κ3) is 4.23. The molecule has 1 fully saturated rings. The van der Waals surface area contributed by atoms with Crippen molar-refractivity contribution in [1.82, 2.24) is 10.2 Å². The van der Waals surface area contributed by atoms with Crippen LogP contribution in [0.4, 0.5) is 0 Å². The number of rotatable bonds is 4. The van der Waals surface area contributed by atoms with Crippen LogP contribution in [0.25, 0.3) is 0 Å². The molecular formula is C14H19BrN2OS. The summed E-state index contributed by atoms with van der Waals surface area (Å²) in [4.78, 5) is 15.4. The van der Waals surface area contributed by atoms with Crippen LogP contribution in [0.1, 0.15) is 13.3 Å². The van der Waals surface area contributed by atoms with Crippen LogP contribution in [0.5, 0.6) is 0 Å². The number of hydrogen-bond donors (Lipinski definition) is 1. The van der Waals surface area contributed by atoms with E-state index in [0.717, 1.165) is 29.9 Å². The van der Waals surface area contributed by atoms with Gasteiger partial charge in [0.05, 0.1) is 0 Å². The fourth-order valence-electron chi connectivity index (χ4n) is 2.17. The molecule has 0 unspecified atom stereocenters. The summed E-state index contributed by atoms with van der Waals surface area (Å²) in [5, 5.41) is 3.30. The van der Waals surface area contributed by atoms with E-state index in [-0.39, 0.29) is 5.91 Å². The van der Waals surface area contributed by atoms with Gasteiger partial charge in [-0.15, -0.1) is 11.8 Å². The quantitative estimate of drug-likeness (QED) is 0.854. The molecule has 1 aromatic carbocycles. The minimum Gasteiger partial charge on any atom is -0.337 e. The average Bonchev–Trinajstić information content (AvgIpc) is 2.41. The smallest absolute Gasteiger partial charge is 0.223 e. The van der Waals surface area contributed by atoms with Crippen molar-refractivity contribution < 1.29 is 4.79 Å². The van der Waals surface area contributed by atoms with E-state index in [1.165, 1.54) is 4.90 Å². The number of piperazine rings is 1. The van der Waals surface area contributed by atoms with Crippen LogP contribution in [0.3, 0.4) is 0 Å². The van der Waals surface area contributed by atoms with Gasteiger partial charge in [-0.05, 0) is 35.0 Å². The predicted octanol–water partition coefficient (Wildman–Crippen LogP) is 2.75. The molecule has 1 aliphatic heterocycles. The Morgan fingerprint density at radius 3 is 3.05 bits per heavy atom. The van der Waals surface area contributed by atoms with Crippen LogP contribution >= 0.6 is 27.7 Å². The molecule has 1 aromatic rings. The van der Waals surface area contributed by atoms with Crippen LogP contribution in [-0.2, 0) is 4.79 Å². The van der Waals surface area contributed by atoms with E-state index in [4.69, 9.17) is 0 Å². The molecule has 1 amide bonds. The Morgan fingerprint density at radius 1 is 1.53 bits per heavy atom. The molecule has 104 valence electrons. The SMILES string of the molecule is C[C@H]1CNCCN1C(=O)CCSc1ccccc1Br. The van der Waals surface area contributed by atoms with E-state index >= 15 is 0 Å². The fourth-order valence-corrected chi connectivity index (χ4v) is 3.67. The molecular weight excluding hydrogens is 324 g/mol. The van der Waals surface area contributed by atoms with Crippen LogP contribution in [0.2, 0.25) is 0 Å². The molecule has 0 aliphatic carbocycles. The summed E-state index contributed by atoms with van der Waals surface area (Å²) in [5.41, 5.74) is 0. The average molecular weight is 343 g/mol. The highest BCUT2D eigenvalue weighted by Crippen LogP contribution is 2.27. The molecule has 19 heavy (non-hydrogen) atoms. The lowest BCUT2D eigenvalue weighted by atomic mass is 10.2. The second-order valence-electron chi connectivity index (χ2n) is 4.67. The molecule has 1 saturated heterocycles. The predicted molar refractivity (Wildman–Crippen MR) is 83.5 cm³/mol. The summed E-state index contributed by atoms with van der Waals surface area (Å²) < 4.78 is 1.10. The van der Waals surface area contributed by atoms with Gasteiger partial charge in [-0.3, -0.25) is 4.79 Å². The first-order chi connectivity index (χ1) is 9.18. The number of benzene rings is 1. The van der Waals surface area contributed by atoms with Crippen molar-refractivity contribution >= 4 is 33.6 Å². The molecule has 3 nitrogen and oxygen atoms in total. The summed E-state index contributed by atoms with van der Waals surface area (Å²) in [7, 11) is 0. The molecule has 0 saturated carbocycles. The summed E-state index contributed by atoms with van der Waals surface area (Å²) in [5.74, 6) is 1.10. The van der Waals surface area contributed by atoms with Crippen molar-refractivity contribution in [2.45, 2.75) is 24.3 Å². The molecule has 5 heteroatoms. The highest BCUT2D eigenvalue weighted by Gasteiger charge is 2.22. The second-order valence-corrected chi connectivity index (χ2v) is 6.66. The van der Waals surface area contributed by atoms with Gasteiger partial charge in [-0.1, -0.05) is 12.1 Å². The number of hydrogen-bond acceptors (Lipinski definition) is 3. The molecule has 0 aromatic heterocycles. The highest BCUT2D eigenvalue weighted by molar-refractivity contribution is 9.10. The minimum atomic E-state index is 0.272. The van der Waals surface area contributed by atoms with E-state index in [9.17, 15) is 4.79 Å². The van der Waals surface area contributed by atoms with Crippen LogP contribution < -0.4 is 5.32 Å². The minimum absolute atomic E-state index is 0.272. The van der Waals surface area contributed by atoms with Gasteiger partial charge in [0.25, 0.3) is 0 Å². The number of carbonyl (C=O) groups is 1. The lowest BCUT2D eigenvalue weighted by Gasteiger charge is -2.34. The van der Waals surface area contributed by atoms with E-state index in [2.05, 4.69) is 34.2 Å². The molecule has 2 rings (SSSR count). The van der Waals surface area contributed by atoms with Gasteiger partial charge in [0.2, 0.25) is 5.91 Å². The first kappa shape index (κ1) is 14.9. The topological polar surface area (TPSA) is 32.3 Å². The van der Waals surface area contributed by atoms with E-state index < -0.39 is 0 Å². The Bertz CT molecular complexity index is 441. The maximum Gasteiger partial charge on any atom is 0.223 e. The standard InChI is InChI=1S/C14H19BrN2OS/c1-11-10-16-7-8-17(11)14(18)6-9-19-13-5-3-2-4-12(13)15/h2-5,11,16H,6-10H2,1H3/t11-/m0/s1. The van der Waals surface area contributed by atoms with Crippen molar-refractivity contribution in [2.24, 2.45) is 0 Å². The zero-order valence-corrected chi connectivity index (χ0v) is 13.5. The van der Waals surface area contributed by atoms with Gasteiger partial charge in [-0.25, -0.2) is 0 Å². The van der Waals surface area contributed by atoms with E-state index in [0.29, 0.717) is 12.5 Å². The van der Waals surface area contributed by atoms with E-state index in [1.54, 1.807) is 11.8 Å². The summed E-state index contributed by atoms with van der Waals surface area (Å²) >= 11 is 5.26. The Hall–Kier alpha value is -0.520. The molecule has 1 heterocycles. The first-order valence-corrected chi connectivity index (χ1v) is 8.34. The monoisotopic (exact) mass is 342 g/mol. The van der Waals surface area contributed by atoms with Crippen LogP contribution in [-0.4, -0.2) is 42.2 Å². The van der Waals surface area contributed by atoms with Gasteiger partial charge >= 0.3 is 0 Å². The first-order valence-electron chi connectivity index (χ1n) is 6.56. The summed E-state index contributed by atoms with van der Waals surface area (Å²) in [6.45, 7) is 4.75. The van der Waals surface area contributed by atoms with Crippen molar-refractivity contribution in [1.29, 1.82) is 0 Å². The Labute approximate surface area is 127 Å². The molecule has 1 N–H and O–H groups in total. The third-order valence-electron chi connectivity index (χ3n) is 3.23. The lowest BCUT2D eigenvalue weighted by Crippen LogP contribution is -2.52. The summed E-state index contributed by atoms with van der Waals surface area (Å²) in [6.07, 6.45) is 0.607. The van der Waals surface area contributed by atoms with Gasteiger partial charge in [-0.2, -0.15) is 0 Å². The number of nitrogens with one attached hydrogen (secondary N) is 1. The van der Waals surface area contributed by atoms with Gasteiger partial charge < -0.3 is 10.2 Å². The number of carbonyl (C=O) groups excluding carboxylic acids is 1. The third-order valence-corrected chi connectivity index (χ3v) is 5.26. The second kappa shape index (κ2) is 7.31. The number of halogens is 1. The Balaban J connectivity index is 1.79. The number of thioether (sulfide) groups is 1. The van der Waals surface area contributed by atoms with Crippen LogP contribution in [0.15, 0.2) is 33.6 Å². The molecule has 0 bridgehead atoms. The van der Waals surface area contributed by atoms with Crippen molar-refractivity contribution in [2.75, 3.05) is 25.4 Å². The Morgan fingerprint density at radius 2 is 2.32 bits per heavy atom. The van der Waals surface area contributed by atoms with Gasteiger partial charge in [0, 0.05) is 47.2 Å². The van der Waals surface area contributed by atoms with Crippen molar-refractivity contribution in [3.63, 3.8) is 0 Å². The molecule has 0 radical (unpaired) electrons. The number of amides is 1. The van der Waals surface area contributed by atoms with Crippen LogP contribution in [0, 0.1) is 0 Å². The van der Waals surface area contributed by atoms with Gasteiger partial charge in [0.15, 0.2) is 0 Å². The fraction of sp³-hybridized carbons (Fsp3) is 0.500. The molecule has 1 aliphatic rings. The van der Waals surface area contributed by atoms with Crippen molar-refractivity contribution in [3.05, 3.63) is 28.7 Å². The maximum absolute atomic E-state index is 12.2. The zero-order valence-electron chi connectivity index (χ0n) is 11.1. The highest BCUT2D eigenvalue weighted by atomic mass is 79.9. The Kier molecular flexibility index (Phi) is 5.73. The van der Waals surface area contributed by atoms with E-state index in [1.807, 2.05) is 23.1 Å². The molecule has 1 atom stereocenters. The summed E-state index contributed by atoms with van der Waals surface area (Å²) in [6, 6.07) is 8.44. The number of nitrogens with zero attached hydrogens (tertiary/aromatic N) is 1. The lowest BCUT2D eigenvalue weighted by molar-refractivity contribution is -0.133. The zero-order chi connectivity index (χ0) is 13.7. The largest absolute Gasteiger partial charge is 0.337 e.